The molecule has 3 rings (SSSR count). The Kier molecular flexibility index (Phi) is 9.93. The molecule has 0 saturated heterocycles. The maximum Gasteiger partial charge on any atom is 0.346 e. The van der Waals surface area contributed by atoms with E-state index in [1.165, 1.54) is 13.1 Å². The van der Waals surface area contributed by atoms with Crippen LogP contribution in [-0.4, -0.2) is 50.9 Å². The van der Waals surface area contributed by atoms with Crippen molar-refractivity contribution in [3.8, 4) is 11.1 Å². The monoisotopic (exact) mass is 509 g/mol. The number of carbonyl (C=O) groups is 4. The predicted octanol–water partition coefficient (Wildman–Crippen LogP) is 1.95. The van der Waals surface area contributed by atoms with E-state index in [4.69, 9.17) is 15.0 Å². The molecule has 0 aliphatic carbocycles. The molecule has 0 spiro atoms. The summed E-state index contributed by atoms with van der Waals surface area (Å²) in [6.07, 6.45) is 4.78. The first-order valence-electron chi connectivity index (χ1n) is 11.3. The van der Waals surface area contributed by atoms with Crippen molar-refractivity contribution in [2.24, 2.45) is 5.92 Å². The van der Waals surface area contributed by atoms with E-state index < -0.39 is 28.8 Å². The van der Waals surface area contributed by atoms with Gasteiger partial charge in [0.05, 0.1) is 5.92 Å². The third kappa shape index (κ3) is 7.92. The quantitative estimate of drug-likeness (QED) is 0.249. The van der Waals surface area contributed by atoms with Crippen LogP contribution < -0.4 is 15.9 Å². The van der Waals surface area contributed by atoms with Crippen LogP contribution in [0.4, 0.5) is 0 Å². The maximum absolute atomic E-state index is 12.9. The Balaban J connectivity index is 0.00000153. The van der Waals surface area contributed by atoms with Crippen LogP contribution in [0, 0.1) is 5.92 Å². The number of carbonyl (C=O) groups excluding carboxylic acids is 2. The first kappa shape index (κ1) is 28.6. The normalized spacial score (nSPS) is 11.4. The Labute approximate surface area is 212 Å². The first-order valence-corrected chi connectivity index (χ1v) is 11.3. The molecular formula is C26H29N4O7+. The van der Waals surface area contributed by atoms with E-state index in [1.54, 1.807) is 12.4 Å². The highest BCUT2D eigenvalue weighted by atomic mass is 16.4. The van der Waals surface area contributed by atoms with E-state index in [0.29, 0.717) is 0 Å². The van der Waals surface area contributed by atoms with Gasteiger partial charge in [0.25, 0.3) is 6.47 Å². The molecule has 0 radical (unpaired) electrons. The Morgan fingerprint density at radius 1 is 1.16 bits per heavy atom. The molecule has 11 nitrogen and oxygen atoms in total. The minimum Gasteiger partial charge on any atom is -0.483 e. The van der Waals surface area contributed by atoms with Gasteiger partial charge >= 0.3 is 23.3 Å². The van der Waals surface area contributed by atoms with Gasteiger partial charge in [0, 0.05) is 25.4 Å². The smallest absolute Gasteiger partial charge is 0.346 e. The van der Waals surface area contributed by atoms with Crippen LogP contribution >= 0.6 is 0 Å². The molecule has 0 bridgehead atoms. The number of aromatic nitrogens is 3. The van der Waals surface area contributed by atoms with Crippen molar-refractivity contribution >= 4 is 24.1 Å². The zero-order valence-electron chi connectivity index (χ0n) is 20.6. The number of hydrogen-bond donors (Lipinski definition) is 4. The van der Waals surface area contributed by atoms with E-state index in [1.807, 2.05) is 50.2 Å². The Hall–Kier alpha value is -4.67. The Morgan fingerprint density at radius 3 is 2.35 bits per heavy atom. The van der Waals surface area contributed by atoms with Crippen LogP contribution in [0.3, 0.4) is 0 Å². The molecule has 3 aromatic rings. The molecule has 0 fully saturated rings. The minimum absolute atomic E-state index is 0.0812. The highest BCUT2D eigenvalue weighted by Gasteiger charge is 2.28. The summed E-state index contributed by atoms with van der Waals surface area (Å²) in [4.78, 5) is 65.9. The lowest BCUT2D eigenvalue weighted by molar-refractivity contribution is -0.387. The van der Waals surface area contributed by atoms with Crippen molar-refractivity contribution in [3.63, 3.8) is 0 Å². The van der Waals surface area contributed by atoms with Gasteiger partial charge in [0.1, 0.15) is 11.8 Å². The third-order valence-corrected chi connectivity index (χ3v) is 5.63. The lowest BCUT2D eigenvalue weighted by atomic mass is 9.79. The number of aliphatic carboxylic acids is 1. The van der Waals surface area contributed by atoms with E-state index >= 15 is 0 Å². The maximum atomic E-state index is 12.9. The number of amides is 1. The fourth-order valence-electron chi connectivity index (χ4n) is 3.42. The summed E-state index contributed by atoms with van der Waals surface area (Å²) in [7, 11) is 0. The number of carboxylic acid groups (broad SMARTS) is 2. The number of nitrogens with zero attached hydrogens (tertiary/aromatic N) is 1. The number of nitrogens with one attached hydrogen (secondary N) is 3. The SMILES string of the molecule is CC(CNC(=O)c1[nH]c(=O)c(C(=O)CC(C)(C)c2ccc(-c3cccnc3)cc2)c[nH+]1)C(=O)O.O=CO. The van der Waals surface area contributed by atoms with Crippen molar-refractivity contribution < 1.29 is 34.4 Å². The second-order valence-corrected chi connectivity index (χ2v) is 8.89. The molecule has 2 heterocycles. The van der Waals surface area contributed by atoms with Gasteiger partial charge in [-0.2, -0.15) is 0 Å². The van der Waals surface area contributed by atoms with Gasteiger partial charge < -0.3 is 15.5 Å². The van der Waals surface area contributed by atoms with Crippen molar-refractivity contribution in [2.75, 3.05) is 6.54 Å². The minimum atomic E-state index is -1.05. The molecule has 1 unspecified atom stereocenters. The number of hydrogen-bond acceptors (Lipinski definition) is 6. The van der Waals surface area contributed by atoms with Crippen LogP contribution in [0.25, 0.3) is 11.1 Å². The highest BCUT2D eigenvalue weighted by Crippen LogP contribution is 2.30. The average Bonchev–Trinajstić information content (AvgIpc) is 2.87. The van der Waals surface area contributed by atoms with Gasteiger partial charge in [-0.25, -0.2) is 14.8 Å². The molecule has 2 aromatic heterocycles. The summed E-state index contributed by atoms with van der Waals surface area (Å²) < 4.78 is 0. The Morgan fingerprint density at radius 2 is 1.81 bits per heavy atom. The molecule has 37 heavy (non-hydrogen) atoms. The second kappa shape index (κ2) is 12.9. The summed E-state index contributed by atoms with van der Waals surface area (Å²) in [6, 6.07) is 11.7. The molecule has 1 amide bonds. The van der Waals surface area contributed by atoms with Gasteiger partial charge in [-0.1, -0.05) is 51.1 Å². The molecule has 1 aromatic carbocycles. The molecule has 5 N–H and O–H groups in total. The molecule has 0 aliphatic heterocycles. The number of rotatable bonds is 9. The number of Topliss-reactive ketones (excluding diaryl/α,β-unsaturated/α-hetero) is 1. The van der Waals surface area contributed by atoms with E-state index in [9.17, 15) is 19.2 Å². The number of aromatic amines is 2. The third-order valence-electron chi connectivity index (χ3n) is 5.63. The van der Waals surface area contributed by atoms with Crippen LogP contribution in [-0.2, 0) is 15.0 Å². The molecule has 0 aliphatic rings. The topological polar surface area (TPSA) is 181 Å². The molecule has 11 heteroatoms. The number of benzene rings is 1. The second-order valence-electron chi connectivity index (χ2n) is 8.89. The standard InChI is InChI=1S/C25H26N4O5.CH2O2/c1-15(24(33)34)12-28-23(32)21-27-14-19(22(31)29-21)20(30)11-25(2,3)18-8-6-16(7-9-18)17-5-4-10-26-13-17;2-1-3/h4-10,13-15H,11-12H2,1-3H3,(H,28,32)(H,33,34)(H,27,29,31);1H,(H,2,3)/p+1. The fraction of sp³-hybridized carbons (Fsp3) is 0.269. The van der Waals surface area contributed by atoms with Gasteiger partial charge in [-0.3, -0.25) is 24.2 Å². The number of ketones is 1. The fourth-order valence-corrected chi connectivity index (χ4v) is 3.42. The van der Waals surface area contributed by atoms with Crippen LogP contribution in [0.1, 0.15) is 53.7 Å². The van der Waals surface area contributed by atoms with Crippen LogP contribution in [0.5, 0.6) is 0 Å². The number of pyridine rings is 1. The van der Waals surface area contributed by atoms with Gasteiger partial charge in [0.15, 0.2) is 5.78 Å². The first-order chi connectivity index (χ1) is 17.5. The number of carboxylic acids is 1. The van der Waals surface area contributed by atoms with Crippen LogP contribution in [0.2, 0.25) is 0 Å². The van der Waals surface area contributed by atoms with E-state index in [-0.39, 0.29) is 36.6 Å². The Bertz CT molecular complexity index is 1300. The summed E-state index contributed by atoms with van der Waals surface area (Å²) in [5.74, 6) is -3.03. The lowest BCUT2D eigenvalue weighted by Crippen LogP contribution is -2.38. The van der Waals surface area contributed by atoms with Gasteiger partial charge in [0.2, 0.25) is 0 Å². The average molecular weight is 510 g/mol. The summed E-state index contributed by atoms with van der Waals surface area (Å²) >= 11 is 0. The summed E-state index contributed by atoms with van der Waals surface area (Å²) in [5.41, 5.74) is 1.62. The summed E-state index contributed by atoms with van der Waals surface area (Å²) in [6.45, 7) is 4.95. The van der Waals surface area contributed by atoms with Crippen molar-refractivity contribution in [1.82, 2.24) is 15.3 Å². The highest BCUT2D eigenvalue weighted by molar-refractivity contribution is 5.96. The van der Waals surface area contributed by atoms with E-state index in [0.717, 1.165) is 16.7 Å². The zero-order chi connectivity index (χ0) is 27.6. The van der Waals surface area contributed by atoms with Gasteiger partial charge in [-0.15, -0.1) is 0 Å². The van der Waals surface area contributed by atoms with Gasteiger partial charge in [-0.05, 0) is 28.2 Å². The molecule has 0 saturated carbocycles. The lowest BCUT2D eigenvalue weighted by Gasteiger charge is -2.24. The molecule has 1 atom stereocenters. The zero-order valence-corrected chi connectivity index (χ0v) is 20.6. The van der Waals surface area contributed by atoms with E-state index in [2.05, 4.69) is 20.3 Å². The predicted molar refractivity (Wildman–Crippen MR) is 133 cm³/mol. The van der Waals surface area contributed by atoms with Crippen molar-refractivity contribution in [3.05, 3.63) is 82.3 Å². The largest absolute Gasteiger partial charge is 0.483 e. The van der Waals surface area contributed by atoms with Crippen molar-refractivity contribution in [2.45, 2.75) is 32.6 Å². The number of H-pyrrole nitrogens is 2. The van der Waals surface area contributed by atoms with Crippen LogP contribution in [0.15, 0.2) is 59.8 Å². The summed E-state index contributed by atoms with van der Waals surface area (Å²) in [5, 5.41) is 18.2. The molecule has 194 valence electrons. The molecular weight excluding hydrogens is 480 g/mol. The van der Waals surface area contributed by atoms with Crippen molar-refractivity contribution in [1.29, 1.82) is 0 Å².